The number of halogens is 2. The SMILES string of the molecule is CC1=Cc2c(ccc(C)c2-c2cc(C)cc(C)c2C)[CH]1[Zr]([Cl])([Cl])([c]1cccc2c1[SiH2]c1ccccc1-2)[CH]1C(C)=Cc2c1ccc(C)c2-c1cc(C)cc(C)c1C. The van der Waals surface area contributed by atoms with Crippen molar-refractivity contribution in [1.82, 2.24) is 0 Å². The van der Waals surface area contributed by atoms with Crippen LogP contribution in [-0.4, -0.2) is 9.52 Å². The van der Waals surface area contributed by atoms with Crippen molar-refractivity contribution < 1.29 is 16.4 Å². The van der Waals surface area contributed by atoms with Crippen LogP contribution in [0.5, 0.6) is 0 Å². The molecule has 6 aromatic carbocycles. The zero-order valence-corrected chi connectivity index (χ0v) is 39.8. The van der Waals surface area contributed by atoms with E-state index >= 15 is 0 Å². The molecule has 2 aliphatic carbocycles. The molecule has 0 saturated heterocycles. The molecule has 9 rings (SSSR count). The molecule has 0 spiro atoms. The van der Waals surface area contributed by atoms with Gasteiger partial charge in [0.1, 0.15) is 0 Å². The van der Waals surface area contributed by atoms with Gasteiger partial charge in [0.05, 0.1) is 0 Å². The van der Waals surface area contributed by atoms with Gasteiger partial charge in [-0.15, -0.1) is 0 Å². The molecule has 0 N–H and O–H groups in total. The number of benzene rings is 6. The second-order valence-electron chi connectivity index (χ2n) is 17.5. The van der Waals surface area contributed by atoms with Crippen LogP contribution in [0.25, 0.3) is 45.5 Å². The Labute approximate surface area is 344 Å². The van der Waals surface area contributed by atoms with Gasteiger partial charge in [0.15, 0.2) is 0 Å². The topological polar surface area (TPSA) is 0 Å². The quantitative estimate of drug-likeness (QED) is 0.151. The molecule has 1 aliphatic heterocycles. The van der Waals surface area contributed by atoms with E-state index in [0.29, 0.717) is 0 Å². The van der Waals surface area contributed by atoms with E-state index in [1.165, 1.54) is 125 Å². The van der Waals surface area contributed by atoms with Crippen LogP contribution >= 0.6 is 17.0 Å². The fourth-order valence-electron chi connectivity index (χ4n) is 11.2. The van der Waals surface area contributed by atoms with E-state index in [1.807, 2.05) is 0 Å². The summed E-state index contributed by atoms with van der Waals surface area (Å²) in [4.78, 5) is 0. The van der Waals surface area contributed by atoms with Gasteiger partial charge in [-0.3, -0.25) is 0 Å². The first-order chi connectivity index (χ1) is 26.6. The first-order valence-corrected chi connectivity index (χ1v) is 32.0. The molecule has 2 atom stereocenters. The van der Waals surface area contributed by atoms with Crippen molar-refractivity contribution in [2.75, 3.05) is 0 Å². The Kier molecular flexibility index (Phi) is 9.00. The number of allylic oxidation sites excluding steroid dienone is 2. The molecule has 0 radical (unpaired) electrons. The van der Waals surface area contributed by atoms with Gasteiger partial charge in [-0.05, 0) is 0 Å². The summed E-state index contributed by atoms with van der Waals surface area (Å²) in [6.07, 6.45) is 4.92. The van der Waals surface area contributed by atoms with Crippen LogP contribution in [0.15, 0.2) is 102 Å². The molecule has 281 valence electrons. The Balaban J connectivity index is 1.36. The number of hydrogen-bond acceptors (Lipinski definition) is 0. The van der Waals surface area contributed by atoms with Crippen molar-refractivity contribution in [2.45, 2.75) is 76.5 Å². The van der Waals surface area contributed by atoms with Crippen LogP contribution in [0.4, 0.5) is 0 Å². The summed E-state index contributed by atoms with van der Waals surface area (Å²) in [5.74, 6) is 0. The van der Waals surface area contributed by atoms with E-state index in [9.17, 15) is 0 Å². The van der Waals surface area contributed by atoms with Gasteiger partial charge in [-0.25, -0.2) is 0 Å². The molecule has 0 nitrogen and oxygen atoms in total. The maximum atomic E-state index is 9.16. The Morgan fingerprint density at radius 2 is 0.964 bits per heavy atom. The molecule has 56 heavy (non-hydrogen) atoms. The third kappa shape index (κ3) is 5.39. The van der Waals surface area contributed by atoms with Crippen molar-refractivity contribution in [1.29, 1.82) is 0 Å². The number of fused-ring (bicyclic) bond motifs is 5. The van der Waals surface area contributed by atoms with Crippen molar-refractivity contribution in [2.24, 2.45) is 0 Å². The first-order valence-electron chi connectivity index (χ1n) is 20.2. The van der Waals surface area contributed by atoms with Crippen LogP contribution in [-0.2, 0) is 16.4 Å². The third-order valence-corrected chi connectivity index (χ3v) is 37.0. The summed E-state index contributed by atoms with van der Waals surface area (Å²) in [5.41, 5.74) is 26.2. The van der Waals surface area contributed by atoms with E-state index in [4.69, 9.17) is 17.0 Å². The molecular formula is C52H51Cl2SiZr. The summed E-state index contributed by atoms with van der Waals surface area (Å²) in [6.45, 7) is 22.6. The van der Waals surface area contributed by atoms with E-state index in [2.05, 4.69) is 172 Å². The van der Waals surface area contributed by atoms with E-state index < -0.39 is 25.9 Å². The van der Waals surface area contributed by atoms with Crippen molar-refractivity contribution >= 4 is 52.3 Å². The van der Waals surface area contributed by atoms with Crippen molar-refractivity contribution in [3.63, 3.8) is 0 Å². The van der Waals surface area contributed by atoms with Crippen molar-refractivity contribution in [3.8, 4) is 33.4 Å². The second kappa shape index (κ2) is 13.3. The first kappa shape index (κ1) is 38.0. The Morgan fingerprint density at radius 1 is 0.482 bits per heavy atom. The van der Waals surface area contributed by atoms with Gasteiger partial charge in [0.2, 0.25) is 0 Å². The zero-order valence-electron chi connectivity index (χ0n) is 34.4. The minimum atomic E-state index is -5.53. The number of hydrogen-bond donors (Lipinski definition) is 0. The molecule has 1 heterocycles. The van der Waals surface area contributed by atoms with Crippen LogP contribution in [0.2, 0.25) is 0 Å². The average molecular weight is 866 g/mol. The van der Waals surface area contributed by atoms with Gasteiger partial charge >= 0.3 is 348 Å². The van der Waals surface area contributed by atoms with Crippen LogP contribution < -0.4 is 13.6 Å². The Morgan fingerprint density at radius 3 is 1.48 bits per heavy atom. The summed E-state index contributed by atoms with van der Waals surface area (Å²) in [5, 5.41) is 2.95. The Hall–Kier alpha value is -3.52. The van der Waals surface area contributed by atoms with Gasteiger partial charge < -0.3 is 0 Å². The van der Waals surface area contributed by atoms with E-state index in [0.717, 1.165) is 0 Å². The molecule has 0 amide bonds. The monoisotopic (exact) mass is 863 g/mol. The zero-order chi connectivity index (χ0) is 39.6. The number of aryl methyl sites for hydroxylation is 6. The molecule has 4 heteroatoms. The normalized spacial score (nSPS) is 17.9. The summed E-state index contributed by atoms with van der Waals surface area (Å²) < 4.78 is 1.08. The van der Waals surface area contributed by atoms with Gasteiger partial charge in [-0.1, -0.05) is 0 Å². The Bertz CT molecular complexity index is 2640. The predicted molar refractivity (Wildman–Crippen MR) is 245 cm³/mol. The fraction of sp³-hybridized carbons (Fsp3) is 0.231. The summed E-state index contributed by atoms with van der Waals surface area (Å²) in [7, 11) is 17.5. The molecule has 0 saturated carbocycles. The van der Waals surface area contributed by atoms with Gasteiger partial charge in [-0.2, -0.15) is 0 Å². The molecular weight excluding hydrogens is 815 g/mol. The van der Waals surface area contributed by atoms with Crippen molar-refractivity contribution in [3.05, 3.63) is 169 Å². The molecule has 3 aliphatic rings. The molecule has 0 fully saturated rings. The number of rotatable bonds is 5. The molecule has 0 aromatic heterocycles. The standard InChI is InChI=1S/2C20H21.C12H9Si.2ClH.Zr/c2*1-12-8-15(4)16(5)18(10-12)20-14(3)6-7-17-9-13(2)11-19(17)20;1-3-7-11-9(5-1)10-6-2-4-8-12(10)13-11;;;/h2*6-11H,1-5H3;1-7H,13H2;2*1H;/q;;;;;+2/p-2. The van der Waals surface area contributed by atoms with Crippen LogP contribution in [0.3, 0.4) is 0 Å². The van der Waals surface area contributed by atoms with Crippen LogP contribution in [0, 0.1) is 55.4 Å². The summed E-state index contributed by atoms with van der Waals surface area (Å²) in [6, 6.07) is 34.8. The average Bonchev–Trinajstić information content (AvgIpc) is 3.82. The third-order valence-electron chi connectivity index (χ3n) is 13.8. The second-order valence-corrected chi connectivity index (χ2v) is 39.9. The molecule has 0 bridgehead atoms. The van der Waals surface area contributed by atoms with E-state index in [-0.39, 0.29) is 7.25 Å². The fourth-order valence-corrected chi connectivity index (χ4v) is 40.0. The van der Waals surface area contributed by atoms with Crippen LogP contribution in [0.1, 0.15) is 87.9 Å². The molecule has 6 aromatic rings. The maximum absolute atomic E-state index is 9.16. The molecule has 2 unspecified atom stereocenters. The van der Waals surface area contributed by atoms with Gasteiger partial charge in [0.25, 0.3) is 0 Å². The van der Waals surface area contributed by atoms with Gasteiger partial charge in [0, 0.05) is 0 Å². The predicted octanol–water partition coefficient (Wildman–Crippen LogP) is 12.5. The summed E-state index contributed by atoms with van der Waals surface area (Å²) >= 11 is -5.53. The van der Waals surface area contributed by atoms with E-state index in [1.54, 1.807) is 0 Å². The minimum absolute atomic E-state index is 0.100.